The van der Waals surface area contributed by atoms with E-state index in [0.717, 1.165) is 41.8 Å². The molecule has 2 saturated heterocycles. The number of rotatable bonds is 9. The normalized spacial score (nSPS) is 20.9. The zero-order chi connectivity index (χ0) is 26.7. The quantitative estimate of drug-likeness (QED) is 0.533. The van der Waals surface area contributed by atoms with Crippen LogP contribution in [0.3, 0.4) is 0 Å². The van der Waals surface area contributed by atoms with Crippen LogP contribution >= 0.6 is 0 Å². The number of aryl methyl sites for hydroxylation is 2. The van der Waals surface area contributed by atoms with Gasteiger partial charge in [0.25, 0.3) is 11.8 Å². The molecule has 2 fully saturated rings. The first kappa shape index (κ1) is 26.8. The van der Waals surface area contributed by atoms with Crippen molar-refractivity contribution in [2.24, 2.45) is 0 Å². The summed E-state index contributed by atoms with van der Waals surface area (Å²) in [7, 11) is 0. The Hall–Kier alpha value is -3.26. The van der Waals surface area contributed by atoms with Gasteiger partial charge < -0.3 is 15.0 Å². The van der Waals surface area contributed by atoms with Gasteiger partial charge in [-0.1, -0.05) is 19.9 Å². The smallest absolute Gasteiger partial charge is 0.417 e. The van der Waals surface area contributed by atoms with Crippen LogP contribution in [0.15, 0.2) is 36.4 Å². The van der Waals surface area contributed by atoms with Crippen molar-refractivity contribution in [2.45, 2.75) is 71.6 Å². The van der Waals surface area contributed by atoms with Gasteiger partial charge in [0.05, 0.1) is 6.04 Å². The van der Waals surface area contributed by atoms with E-state index >= 15 is 0 Å². The summed E-state index contributed by atoms with van der Waals surface area (Å²) in [6.45, 7) is 9.76. The van der Waals surface area contributed by atoms with Crippen LogP contribution in [0.2, 0.25) is 0 Å². The third-order valence-corrected chi connectivity index (χ3v) is 7.01. The average Bonchev–Trinajstić information content (AvgIpc) is 3.10. The van der Waals surface area contributed by atoms with E-state index in [9.17, 15) is 18.8 Å². The van der Waals surface area contributed by atoms with Gasteiger partial charge in [-0.2, -0.15) is 0 Å². The number of carbonyl (C=O) groups is 3. The average molecular weight is 510 g/mol. The predicted molar refractivity (Wildman–Crippen MR) is 139 cm³/mol. The first-order valence-electron chi connectivity index (χ1n) is 13.2. The van der Waals surface area contributed by atoms with E-state index < -0.39 is 24.1 Å². The van der Waals surface area contributed by atoms with E-state index in [1.54, 1.807) is 23.1 Å². The van der Waals surface area contributed by atoms with Crippen molar-refractivity contribution in [1.29, 1.82) is 0 Å². The van der Waals surface area contributed by atoms with Gasteiger partial charge in [0, 0.05) is 30.3 Å². The second-order valence-electron chi connectivity index (χ2n) is 10.2. The lowest BCUT2D eigenvalue weighted by Gasteiger charge is -2.35. The summed E-state index contributed by atoms with van der Waals surface area (Å²) in [5, 5.41) is 3.28. The minimum atomic E-state index is -0.713. The molecule has 4 rings (SSSR count). The topological polar surface area (TPSA) is 79.0 Å². The van der Waals surface area contributed by atoms with Gasteiger partial charge in [-0.25, -0.2) is 14.1 Å². The van der Waals surface area contributed by atoms with Gasteiger partial charge in [0.1, 0.15) is 11.9 Å². The fourth-order valence-electron chi connectivity index (χ4n) is 5.29. The van der Waals surface area contributed by atoms with Crippen LogP contribution < -0.4 is 5.32 Å². The summed E-state index contributed by atoms with van der Waals surface area (Å²) in [6, 6.07) is 9.11. The molecule has 0 saturated carbocycles. The number of halogens is 1. The van der Waals surface area contributed by atoms with Crippen LogP contribution in [0.5, 0.6) is 0 Å². The molecule has 0 aromatic heterocycles. The molecule has 7 nitrogen and oxygen atoms in total. The Morgan fingerprint density at radius 2 is 1.68 bits per heavy atom. The summed E-state index contributed by atoms with van der Waals surface area (Å²) >= 11 is 0. The molecule has 8 heteroatoms. The molecule has 2 aromatic rings. The number of amides is 3. The molecule has 2 heterocycles. The van der Waals surface area contributed by atoms with E-state index in [4.69, 9.17) is 4.74 Å². The van der Waals surface area contributed by atoms with Crippen LogP contribution in [0.25, 0.3) is 0 Å². The zero-order valence-electron chi connectivity index (χ0n) is 22.1. The molecule has 1 N–H and O–H groups in total. The predicted octanol–water partition coefficient (Wildman–Crippen LogP) is 4.64. The van der Waals surface area contributed by atoms with E-state index in [2.05, 4.69) is 5.32 Å². The standard InChI is InChI=1S/C29H36FN3O4/c1-5-9-32(10-6-2)27(34)21-12-19(4)13-22(17-21)28(35)33-25(16-20-11-18(3)14-23(30)15-20)26(37-29(33)36)24-7-8-31-24/h11-15,17,24-26,31H,5-10,16H2,1-4H3/t24-,25+,26-/m1/s1. The highest BCUT2D eigenvalue weighted by Crippen LogP contribution is 2.31. The van der Waals surface area contributed by atoms with Gasteiger partial charge >= 0.3 is 6.09 Å². The highest BCUT2D eigenvalue weighted by molar-refractivity contribution is 6.06. The molecule has 0 unspecified atom stereocenters. The second-order valence-corrected chi connectivity index (χ2v) is 10.2. The molecule has 3 atom stereocenters. The van der Waals surface area contributed by atoms with Crippen molar-refractivity contribution >= 4 is 17.9 Å². The number of imide groups is 1. The van der Waals surface area contributed by atoms with Gasteiger partial charge in [0.15, 0.2) is 0 Å². The Morgan fingerprint density at radius 1 is 1.03 bits per heavy atom. The maximum atomic E-state index is 14.1. The van der Waals surface area contributed by atoms with Crippen LogP contribution in [0.4, 0.5) is 9.18 Å². The molecule has 0 radical (unpaired) electrons. The Morgan fingerprint density at radius 3 is 2.27 bits per heavy atom. The van der Waals surface area contributed by atoms with Gasteiger partial charge in [-0.15, -0.1) is 0 Å². The molecule has 2 aromatic carbocycles. The first-order valence-corrected chi connectivity index (χ1v) is 13.2. The third kappa shape index (κ3) is 5.85. The maximum Gasteiger partial charge on any atom is 0.417 e. The molecule has 0 spiro atoms. The lowest BCUT2D eigenvalue weighted by Crippen LogP contribution is -2.56. The van der Waals surface area contributed by atoms with E-state index in [-0.39, 0.29) is 29.8 Å². The molecule has 0 aliphatic carbocycles. The van der Waals surface area contributed by atoms with Crippen LogP contribution in [-0.4, -0.2) is 65.5 Å². The third-order valence-electron chi connectivity index (χ3n) is 7.01. The summed E-state index contributed by atoms with van der Waals surface area (Å²) < 4.78 is 19.9. The Kier molecular flexibility index (Phi) is 8.27. The summed E-state index contributed by atoms with van der Waals surface area (Å²) in [5.74, 6) is -1.00. The monoisotopic (exact) mass is 509 g/mol. The molecular weight excluding hydrogens is 473 g/mol. The number of benzene rings is 2. The summed E-state index contributed by atoms with van der Waals surface area (Å²) in [5.41, 5.74) is 2.90. The molecule has 198 valence electrons. The Balaban J connectivity index is 1.66. The van der Waals surface area contributed by atoms with Crippen molar-refractivity contribution < 1.29 is 23.5 Å². The lowest BCUT2D eigenvalue weighted by molar-refractivity contribution is 0.0750. The molecule has 2 aliphatic rings. The number of hydrogen-bond donors (Lipinski definition) is 1. The number of nitrogens with zero attached hydrogens (tertiary/aromatic N) is 2. The van der Waals surface area contributed by atoms with E-state index in [1.165, 1.54) is 12.1 Å². The van der Waals surface area contributed by atoms with E-state index in [0.29, 0.717) is 24.2 Å². The zero-order valence-corrected chi connectivity index (χ0v) is 22.1. The van der Waals surface area contributed by atoms with Crippen molar-refractivity contribution in [3.63, 3.8) is 0 Å². The SMILES string of the molecule is CCCN(CCC)C(=O)c1cc(C)cc(C(=O)N2C(=O)O[C@H]([C@H]3CCN3)[C@@H]2Cc2cc(C)cc(F)c2)c1. The molecule has 3 amide bonds. The van der Waals surface area contributed by atoms with Crippen LogP contribution in [-0.2, 0) is 11.2 Å². The van der Waals surface area contributed by atoms with Crippen molar-refractivity contribution in [3.05, 3.63) is 70.0 Å². The van der Waals surface area contributed by atoms with Crippen LogP contribution in [0.1, 0.15) is 70.5 Å². The first-order chi connectivity index (χ1) is 17.7. The number of hydrogen-bond acceptors (Lipinski definition) is 5. The number of cyclic esters (lactones) is 1. The minimum absolute atomic E-state index is 0.0623. The summed E-state index contributed by atoms with van der Waals surface area (Å²) in [4.78, 5) is 43.1. The van der Waals surface area contributed by atoms with Gasteiger partial charge in [-0.05, 0) is 93.1 Å². The van der Waals surface area contributed by atoms with Crippen LogP contribution in [0, 0.1) is 19.7 Å². The largest absolute Gasteiger partial charge is 0.442 e. The molecule has 2 aliphatic heterocycles. The fourth-order valence-corrected chi connectivity index (χ4v) is 5.29. The summed E-state index contributed by atoms with van der Waals surface area (Å²) in [6.07, 6.45) is 1.52. The Labute approximate surface area is 218 Å². The molecule has 0 bridgehead atoms. The maximum absolute atomic E-state index is 14.1. The van der Waals surface area contributed by atoms with Crippen molar-refractivity contribution in [3.8, 4) is 0 Å². The van der Waals surface area contributed by atoms with Gasteiger partial charge in [-0.3, -0.25) is 9.59 Å². The van der Waals surface area contributed by atoms with Crippen molar-refractivity contribution in [2.75, 3.05) is 19.6 Å². The second kappa shape index (κ2) is 11.4. The number of ether oxygens (including phenoxy) is 1. The van der Waals surface area contributed by atoms with Gasteiger partial charge in [0.2, 0.25) is 0 Å². The minimum Gasteiger partial charge on any atom is -0.442 e. The van der Waals surface area contributed by atoms with E-state index in [1.807, 2.05) is 33.8 Å². The Bertz CT molecular complexity index is 1150. The molecular formula is C29H36FN3O4. The fraction of sp³-hybridized carbons (Fsp3) is 0.483. The highest BCUT2D eigenvalue weighted by atomic mass is 19.1. The number of carbonyl (C=O) groups excluding carboxylic acids is 3. The van der Waals surface area contributed by atoms with Crippen molar-refractivity contribution in [1.82, 2.24) is 15.1 Å². The molecule has 37 heavy (non-hydrogen) atoms. The number of nitrogens with one attached hydrogen (secondary N) is 1. The highest BCUT2D eigenvalue weighted by Gasteiger charge is 2.50. The lowest BCUT2D eigenvalue weighted by atomic mass is 9.90.